The van der Waals surface area contributed by atoms with Crippen LogP contribution >= 0.6 is 11.3 Å². The van der Waals surface area contributed by atoms with Crippen molar-refractivity contribution < 1.29 is 0 Å². The van der Waals surface area contributed by atoms with Gasteiger partial charge in [0.05, 0.1) is 11.7 Å². The Labute approximate surface area is 154 Å². The van der Waals surface area contributed by atoms with Crippen LogP contribution in [-0.2, 0) is 6.54 Å². The van der Waals surface area contributed by atoms with Gasteiger partial charge in [0, 0.05) is 35.4 Å². The van der Waals surface area contributed by atoms with E-state index in [0.29, 0.717) is 12.6 Å². The van der Waals surface area contributed by atoms with Gasteiger partial charge in [-0.05, 0) is 36.9 Å². The van der Waals surface area contributed by atoms with Crippen LogP contribution in [0.4, 0.5) is 0 Å². The van der Waals surface area contributed by atoms with E-state index in [0.717, 1.165) is 23.6 Å². The van der Waals surface area contributed by atoms with E-state index >= 15 is 0 Å². The number of benzene rings is 1. The number of nitrogens with zero attached hydrogens (tertiary/aromatic N) is 3. The lowest BCUT2D eigenvalue weighted by Gasteiger charge is -2.35. The molecule has 0 amide bonds. The van der Waals surface area contributed by atoms with Crippen LogP contribution in [0.2, 0.25) is 0 Å². The molecule has 6 heteroatoms. The number of nitrogens with one attached hydrogen (secondary N) is 1. The molecule has 1 saturated heterocycles. The summed E-state index contributed by atoms with van der Waals surface area (Å²) in [6.07, 6.45) is 5.34. The molecule has 5 rings (SSSR count). The summed E-state index contributed by atoms with van der Waals surface area (Å²) < 4.78 is 1.61. The van der Waals surface area contributed by atoms with E-state index in [9.17, 15) is 4.79 Å². The number of hydrogen-bond acceptors (Lipinski definition) is 4. The van der Waals surface area contributed by atoms with Gasteiger partial charge >= 0.3 is 0 Å². The van der Waals surface area contributed by atoms with Crippen molar-refractivity contribution in [3.05, 3.63) is 69.7 Å². The van der Waals surface area contributed by atoms with Crippen LogP contribution in [0.15, 0.2) is 52.8 Å². The molecule has 4 aromatic rings. The summed E-state index contributed by atoms with van der Waals surface area (Å²) in [6, 6.07) is 12.7. The first-order valence-corrected chi connectivity index (χ1v) is 9.93. The van der Waals surface area contributed by atoms with Crippen molar-refractivity contribution in [1.29, 1.82) is 0 Å². The molecule has 1 aliphatic rings. The molecule has 1 unspecified atom stereocenters. The second-order valence-corrected chi connectivity index (χ2v) is 7.81. The van der Waals surface area contributed by atoms with Crippen LogP contribution in [0.3, 0.4) is 0 Å². The summed E-state index contributed by atoms with van der Waals surface area (Å²) in [4.78, 5) is 23.8. The van der Waals surface area contributed by atoms with E-state index in [4.69, 9.17) is 4.98 Å². The maximum Gasteiger partial charge on any atom is 0.258 e. The Morgan fingerprint density at radius 1 is 1.23 bits per heavy atom. The molecule has 1 fully saturated rings. The zero-order valence-electron chi connectivity index (χ0n) is 14.4. The monoisotopic (exact) mass is 364 g/mol. The number of para-hydroxylation sites is 1. The van der Waals surface area contributed by atoms with Crippen LogP contribution in [0.5, 0.6) is 0 Å². The Morgan fingerprint density at radius 3 is 3.08 bits per heavy atom. The minimum absolute atomic E-state index is 0.00502. The van der Waals surface area contributed by atoms with Gasteiger partial charge in [-0.1, -0.05) is 24.6 Å². The average Bonchev–Trinajstić information content (AvgIpc) is 3.29. The van der Waals surface area contributed by atoms with Crippen molar-refractivity contribution >= 4 is 27.2 Å². The Hall–Kier alpha value is -2.44. The number of likely N-dealkylation sites (tertiary alicyclic amines) is 1. The second-order valence-electron chi connectivity index (χ2n) is 6.94. The molecule has 3 aromatic heterocycles. The molecule has 0 radical (unpaired) electrons. The molecule has 1 N–H and O–H groups in total. The first-order valence-electron chi connectivity index (χ1n) is 9.05. The fraction of sp³-hybridized carbons (Fsp3) is 0.300. The summed E-state index contributed by atoms with van der Waals surface area (Å²) >= 11 is 1.50. The van der Waals surface area contributed by atoms with Crippen LogP contribution in [0.1, 0.15) is 36.7 Å². The highest BCUT2D eigenvalue weighted by Crippen LogP contribution is 2.33. The highest BCUT2D eigenvalue weighted by Gasteiger charge is 2.26. The van der Waals surface area contributed by atoms with E-state index in [1.807, 2.05) is 5.38 Å². The Balaban J connectivity index is 1.48. The van der Waals surface area contributed by atoms with Crippen molar-refractivity contribution in [3.63, 3.8) is 0 Å². The zero-order valence-corrected chi connectivity index (χ0v) is 15.2. The lowest BCUT2D eigenvalue weighted by molar-refractivity contribution is 0.136. The summed E-state index contributed by atoms with van der Waals surface area (Å²) in [5.41, 5.74) is 3.31. The zero-order chi connectivity index (χ0) is 17.5. The summed E-state index contributed by atoms with van der Waals surface area (Å²) in [5, 5.41) is 3.16. The van der Waals surface area contributed by atoms with Gasteiger partial charge in [-0.25, -0.2) is 4.98 Å². The quantitative estimate of drug-likeness (QED) is 0.599. The van der Waals surface area contributed by atoms with Gasteiger partial charge < -0.3 is 4.98 Å². The van der Waals surface area contributed by atoms with Gasteiger partial charge in [0.15, 0.2) is 4.96 Å². The topological polar surface area (TPSA) is 53.4 Å². The number of hydrogen-bond donors (Lipinski definition) is 1. The molecule has 1 atom stereocenters. The molecule has 0 spiro atoms. The number of thiazole rings is 1. The third-order valence-electron chi connectivity index (χ3n) is 5.24. The molecule has 0 saturated carbocycles. The Morgan fingerprint density at radius 2 is 2.15 bits per heavy atom. The Bertz CT molecular complexity index is 1090. The van der Waals surface area contributed by atoms with Gasteiger partial charge in [0.25, 0.3) is 5.56 Å². The van der Waals surface area contributed by atoms with Crippen LogP contribution in [0, 0.1) is 0 Å². The summed E-state index contributed by atoms with van der Waals surface area (Å²) in [5.74, 6) is 0. The predicted molar refractivity (Wildman–Crippen MR) is 105 cm³/mol. The third-order valence-corrected chi connectivity index (χ3v) is 6.00. The molecule has 1 aromatic carbocycles. The molecular weight excluding hydrogens is 344 g/mol. The van der Waals surface area contributed by atoms with Crippen molar-refractivity contribution in [2.45, 2.75) is 31.8 Å². The predicted octanol–water partition coefficient (Wildman–Crippen LogP) is 3.96. The largest absolute Gasteiger partial charge is 0.357 e. The fourth-order valence-electron chi connectivity index (χ4n) is 3.98. The summed E-state index contributed by atoms with van der Waals surface area (Å²) in [6.45, 7) is 1.75. The molecule has 0 aliphatic carbocycles. The maximum absolute atomic E-state index is 12.3. The number of fused-ring (bicyclic) bond motifs is 2. The van der Waals surface area contributed by atoms with E-state index < -0.39 is 0 Å². The molecule has 0 bridgehead atoms. The van der Waals surface area contributed by atoms with E-state index in [1.165, 1.54) is 40.8 Å². The highest BCUT2D eigenvalue weighted by atomic mass is 32.1. The lowest BCUT2D eigenvalue weighted by Crippen LogP contribution is -2.33. The standard InChI is InChI=1S/C20H20N4OS/c25-19-12-15(21-20-24(19)9-10-26-20)13-23-8-4-3-7-18(23)17-11-14-5-1-2-6-16(14)22-17/h1-2,5-6,9-12,18,22H,3-4,7-8,13H2. The number of aromatic nitrogens is 3. The molecule has 4 heterocycles. The van der Waals surface area contributed by atoms with Crippen LogP contribution in [0.25, 0.3) is 15.9 Å². The van der Waals surface area contributed by atoms with Crippen molar-refractivity contribution in [3.8, 4) is 0 Å². The first-order chi connectivity index (χ1) is 12.8. The molecular formula is C20H20N4OS. The maximum atomic E-state index is 12.3. The van der Waals surface area contributed by atoms with Gasteiger partial charge in [-0.2, -0.15) is 0 Å². The normalized spacial score (nSPS) is 18.7. The minimum Gasteiger partial charge on any atom is -0.357 e. The number of rotatable bonds is 3. The van der Waals surface area contributed by atoms with E-state index in [-0.39, 0.29) is 5.56 Å². The third kappa shape index (κ3) is 2.75. The smallest absolute Gasteiger partial charge is 0.258 e. The Kier molecular flexibility index (Phi) is 3.87. The highest BCUT2D eigenvalue weighted by molar-refractivity contribution is 7.15. The molecule has 132 valence electrons. The number of piperidine rings is 1. The number of H-pyrrole nitrogens is 1. The first kappa shape index (κ1) is 15.8. The average molecular weight is 364 g/mol. The van der Waals surface area contributed by atoms with Gasteiger partial charge in [-0.15, -0.1) is 11.3 Å². The van der Waals surface area contributed by atoms with Crippen molar-refractivity contribution in [2.75, 3.05) is 6.54 Å². The fourth-order valence-corrected chi connectivity index (χ4v) is 4.72. The van der Waals surface area contributed by atoms with Crippen LogP contribution in [-0.4, -0.2) is 25.8 Å². The molecule has 26 heavy (non-hydrogen) atoms. The minimum atomic E-state index is 0.00502. The van der Waals surface area contributed by atoms with Gasteiger partial charge in [-0.3, -0.25) is 14.1 Å². The lowest BCUT2D eigenvalue weighted by atomic mass is 9.99. The molecule has 1 aliphatic heterocycles. The van der Waals surface area contributed by atoms with E-state index in [2.05, 4.69) is 40.2 Å². The molecule has 5 nitrogen and oxygen atoms in total. The summed E-state index contributed by atoms with van der Waals surface area (Å²) in [7, 11) is 0. The van der Waals surface area contributed by atoms with Gasteiger partial charge in [0.1, 0.15) is 0 Å². The van der Waals surface area contributed by atoms with Gasteiger partial charge in [0.2, 0.25) is 0 Å². The van der Waals surface area contributed by atoms with Crippen LogP contribution < -0.4 is 5.56 Å². The van der Waals surface area contributed by atoms with E-state index in [1.54, 1.807) is 16.7 Å². The number of aromatic amines is 1. The van der Waals surface area contributed by atoms with Crippen molar-refractivity contribution in [1.82, 2.24) is 19.3 Å². The SMILES string of the molecule is O=c1cc(CN2CCCCC2c2cc3ccccc3[nH]2)nc2sccn12. The van der Waals surface area contributed by atoms with Crippen molar-refractivity contribution in [2.24, 2.45) is 0 Å². The second kappa shape index (κ2) is 6.37.